The van der Waals surface area contributed by atoms with Crippen molar-refractivity contribution >= 4 is 17.9 Å². The molecule has 0 aromatic heterocycles. The van der Waals surface area contributed by atoms with E-state index in [2.05, 4.69) is 13.8 Å². The highest BCUT2D eigenvalue weighted by Crippen LogP contribution is 2.70. The Balaban J connectivity index is 0.943. The maximum Gasteiger partial charge on any atom is 0.331 e. The summed E-state index contributed by atoms with van der Waals surface area (Å²) in [6, 6.07) is 0. The van der Waals surface area contributed by atoms with E-state index in [0.717, 1.165) is 50.5 Å². The van der Waals surface area contributed by atoms with Gasteiger partial charge in [0.25, 0.3) is 0 Å². The van der Waals surface area contributed by atoms with Crippen LogP contribution in [0.3, 0.4) is 0 Å². The topological polar surface area (TPSA) is 215 Å². The first-order chi connectivity index (χ1) is 28.8. The van der Waals surface area contributed by atoms with Crippen LogP contribution in [0, 0.1) is 34.5 Å². The molecule has 3 saturated heterocycles. The van der Waals surface area contributed by atoms with E-state index in [0.29, 0.717) is 12.3 Å². The Labute approximate surface area is 358 Å². The highest BCUT2D eigenvalue weighted by Gasteiger charge is 2.71. The van der Waals surface area contributed by atoms with Gasteiger partial charge in [0.1, 0.15) is 24.9 Å². The Kier molecular flexibility index (Phi) is 12.8. The number of carbonyl (C=O) groups excluding carboxylic acids is 3. The largest absolute Gasteiger partial charge is 0.462 e. The normalized spacial score (nSPS) is 51.0. The molecule has 4 N–H and O–H groups in total. The van der Waals surface area contributed by atoms with Gasteiger partial charge in [0.05, 0.1) is 48.3 Å². The molecule has 4 aliphatic carbocycles. The van der Waals surface area contributed by atoms with Crippen molar-refractivity contribution in [1.29, 1.82) is 0 Å². The van der Waals surface area contributed by atoms with E-state index in [1.54, 1.807) is 13.8 Å². The third-order valence-electron chi connectivity index (χ3n) is 16.4. The van der Waals surface area contributed by atoms with E-state index in [4.69, 9.17) is 42.6 Å². The molecule has 16 heteroatoms. The fourth-order valence-corrected chi connectivity index (χ4v) is 13.4. The number of cyclic esters (lactones) is 1. The van der Waals surface area contributed by atoms with Crippen LogP contribution in [0.2, 0.25) is 0 Å². The molecule has 344 valence electrons. The van der Waals surface area contributed by atoms with Crippen LogP contribution in [0.5, 0.6) is 0 Å². The summed E-state index contributed by atoms with van der Waals surface area (Å²) in [4.78, 5) is 36.2. The van der Waals surface area contributed by atoms with Crippen molar-refractivity contribution in [1.82, 2.24) is 0 Å². The second kappa shape index (κ2) is 17.3. The van der Waals surface area contributed by atoms with Gasteiger partial charge in [0.2, 0.25) is 0 Å². The Morgan fingerprint density at radius 1 is 0.721 bits per heavy atom. The fourth-order valence-electron chi connectivity index (χ4n) is 13.4. The lowest BCUT2D eigenvalue weighted by atomic mass is 9.43. The summed E-state index contributed by atoms with van der Waals surface area (Å²) in [6.45, 7) is 12.6. The van der Waals surface area contributed by atoms with Crippen molar-refractivity contribution in [3.63, 3.8) is 0 Å². The minimum atomic E-state index is -1.08. The second-order valence-corrected chi connectivity index (χ2v) is 20.1. The number of fused-ring (bicyclic) bond motifs is 5. The van der Waals surface area contributed by atoms with Gasteiger partial charge in [0.15, 0.2) is 25.0 Å². The average molecular weight is 865 g/mol. The van der Waals surface area contributed by atoms with E-state index in [1.165, 1.54) is 19.9 Å². The molecule has 4 heterocycles. The molecule has 61 heavy (non-hydrogen) atoms. The molecule has 16 nitrogen and oxygen atoms in total. The smallest absolute Gasteiger partial charge is 0.331 e. The van der Waals surface area contributed by atoms with Crippen LogP contribution in [0.15, 0.2) is 11.6 Å². The van der Waals surface area contributed by atoms with Crippen molar-refractivity contribution in [2.75, 3.05) is 6.61 Å². The summed E-state index contributed by atoms with van der Waals surface area (Å²) in [5.74, 6) is -0.971. The molecular weight excluding hydrogens is 796 g/mol. The molecule has 4 aliphatic heterocycles. The first-order valence-corrected chi connectivity index (χ1v) is 22.7. The Morgan fingerprint density at radius 2 is 1.38 bits per heavy atom. The van der Waals surface area contributed by atoms with Crippen molar-refractivity contribution in [2.45, 2.75) is 211 Å². The highest BCUT2D eigenvalue weighted by atomic mass is 16.7. The summed E-state index contributed by atoms with van der Waals surface area (Å²) < 4.78 is 55.0. The number of rotatable bonds is 9. The van der Waals surface area contributed by atoms with E-state index >= 15 is 0 Å². The van der Waals surface area contributed by atoms with E-state index in [1.807, 2.05) is 6.92 Å². The molecule has 0 radical (unpaired) electrons. The molecule has 0 aromatic carbocycles. The van der Waals surface area contributed by atoms with Gasteiger partial charge in [-0.1, -0.05) is 13.8 Å². The van der Waals surface area contributed by atoms with E-state index < -0.39 is 109 Å². The van der Waals surface area contributed by atoms with Crippen molar-refractivity contribution < 1.29 is 77.4 Å². The third-order valence-corrected chi connectivity index (χ3v) is 16.4. The summed E-state index contributed by atoms with van der Waals surface area (Å²) >= 11 is 0. The summed E-state index contributed by atoms with van der Waals surface area (Å²) in [5, 5.41) is 44.7. The van der Waals surface area contributed by atoms with Gasteiger partial charge in [-0.05, 0) is 94.5 Å². The predicted octanol–water partition coefficient (Wildman–Crippen LogP) is 3.36. The van der Waals surface area contributed by atoms with Gasteiger partial charge in [-0.15, -0.1) is 0 Å². The van der Waals surface area contributed by atoms with E-state index in [-0.39, 0.29) is 55.1 Å². The molecule has 8 rings (SSSR count). The van der Waals surface area contributed by atoms with Crippen LogP contribution in [-0.2, 0) is 57.0 Å². The Bertz CT molecular complexity index is 1650. The number of carbonyl (C=O) groups is 3. The standard InChI is InChI=1S/C45H68O16/c1-21-40(51)31(48)16-36(54-21)60-33-18-38(56-23(3)42(33)61-37-17-32(49)41(22(2)55-37)58-25(5)47)59-28-10-12-43(6)27(15-28)8-9-30-29(43)11-13-44(7)39(26-14-35(50)53-20-26)34(57-24(4)46)19-45(30,44)52/h14,21-23,27-34,36-42,48-49,51-52H,8-13,15-20H2,1-7H3/t21-,22-,23-,27-,28+,29+,30-,31+,32+,33+,34+,36-,37-,38-,39+,40-,41-,42-,43+,44-,45?/m1/s1. The fraction of sp³-hybridized carbons (Fsp3) is 0.889. The molecule has 4 saturated carbocycles. The first-order valence-electron chi connectivity index (χ1n) is 22.7. The Hall–Kier alpha value is -2.25. The molecule has 0 bridgehead atoms. The molecule has 0 aromatic rings. The monoisotopic (exact) mass is 864 g/mol. The van der Waals surface area contributed by atoms with Crippen molar-refractivity contribution in [3.05, 3.63) is 11.6 Å². The van der Waals surface area contributed by atoms with Crippen LogP contribution in [0.25, 0.3) is 0 Å². The summed E-state index contributed by atoms with van der Waals surface area (Å²) in [7, 11) is 0. The van der Waals surface area contributed by atoms with Gasteiger partial charge in [0, 0.05) is 56.9 Å². The van der Waals surface area contributed by atoms with Gasteiger partial charge in [-0.3, -0.25) is 9.59 Å². The minimum Gasteiger partial charge on any atom is -0.462 e. The molecule has 21 atom stereocenters. The number of esters is 3. The second-order valence-electron chi connectivity index (χ2n) is 20.1. The van der Waals surface area contributed by atoms with Crippen LogP contribution >= 0.6 is 0 Å². The lowest BCUT2D eigenvalue weighted by Crippen LogP contribution is -2.62. The number of ether oxygens (including phenoxy) is 9. The van der Waals surface area contributed by atoms with Gasteiger partial charge in [-0.2, -0.15) is 0 Å². The minimum absolute atomic E-state index is 0.0122. The zero-order valence-electron chi connectivity index (χ0n) is 36.6. The molecule has 8 aliphatic rings. The van der Waals surface area contributed by atoms with Crippen LogP contribution in [0.4, 0.5) is 0 Å². The number of hydrogen-bond donors (Lipinski definition) is 4. The summed E-state index contributed by atoms with van der Waals surface area (Å²) in [5.41, 5.74) is -0.899. The number of aliphatic hydroxyl groups is 4. The van der Waals surface area contributed by atoms with Crippen molar-refractivity contribution in [3.8, 4) is 0 Å². The predicted molar refractivity (Wildman–Crippen MR) is 212 cm³/mol. The summed E-state index contributed by atoms with van der Waals surface area (Å²) in [6.07, 6.45) is -1.76. The molecule has 7 fully saturated rings. The number of aliphatic hydroxyl groups excluding tert-OH is 3. The molecule has 1 unspecified atom stereocenters. The zero-order valence-corrected chi connectivity index (χ0v) is 36.6. The molecular formula is C45H68O16. The zero-order chi connectivity index (χ0) is 43.8. The number of hydrogen-bond acceptors (Lipinski definition) is 16. The lowest BCUT2D eigenvalue weighted by molar-refractivity contribution is -0.344. The molecule has 0 spiro atoms. The van der Waals surface area contributed by atoms with Crippen molar-refractivity contribution in [2.24, 2.45) is 34.5 Å². The highest BCUT2D eigenvalue weighted by molar-refractivity contribution is 5.85. The van der Waals surface area contributed by atoms with Gasteiger partial charge < -0.3 is 63.1 Å². The lowest BCUT2D eigenvalue weighted by Gasteiger charge is -2.63. The average Bonchev–Trinajstić information content (AvgIpc) is 3.69. The van der Waals surface area contributed by atoms with E-state index in [9.17, 15) is 34.8 Å². The van der Waals surface area contributed by atoms with Crippen LogP contribution in [-0.4, -0.2) is 137 Å². The maximum absolute atomic E-state index is 12.9. The maximum atomic E-state index is 12.9. The van der Waals surface area contributed by atoms with Crippen LogP contribution in [0.1, 0.15) is 119 Å². The third kappa shape index (κ3) is 8.45. The van der Waals surface area contributed by atoms with Gasteiger partial charge >= 0.3 is 17.9 Å². The quantitative estimate of drug-likeness (QED) is 0.149. The molecule has 0 amide bonds. The Morgan fingerprint density at radius 3 is 2.03 bits per heavy atom. The van der Waals surface area contributed by atoms with Crippen LogP contribution < -0.4 is 0 Å². The first kappa shape index (κ1) is 45.3. The van der Waals surface area contributed by atoms with Gasteiger partial charge in [-0.25, -0.2) is 4.79 Å². The SMILES string of the molecule is CC(=O)O[C@H]1[C@@H](O)C[C@@H](O[C@H]2[C@@H](O[C@@H]3C[C@H](O)[C@H](O)[C@@H](C)O3)C[C@@H](O[C@H]3CC[C@@]4(C)[C@H](CC[C@@H]5[C@@H]4CC[C@]4(C)[C@@H](C6=CC(=O)OC6)[C@@H](OC(C)=O)CC54O)C3)O[C@@H]2C)O[C@@H]1C.